The van der Waals surface area contributed by atoms with Crippen LogP contribution < -0.4 is 5.32 Å². The Morgan fingerprint density at radius 2 is 2.20 bits per heavy atom. The lowest BCUT2D eigenvalue weighted by atomic mass is 10.1. The third-order valence-corrected chi connectivity index (χ3v) is 3.80. The molecule has 2 aromatic rings. The second-order valence-corrected chi connectivity index (χ2v) is 5.34. The van der Waals surface area contributed by atoms with E-state index in [0.717, 1.165) is 19.5 Å². The molecule has 0 aliphatic heterocycles. The van der Waals surface area contributed by atoms with Gasteiger partial charge in [-0.2, -0.15) is 5.10 Å². The first-order valence-electron chi connectivity index (χ1n) is 6.44. The van der Waals surface area contributed by atoms with E-state index in [4.69, 9.17) is 23.2 Å². The number of aromatic nitrogens is 2. The summed E-state index contributed by atoms with van der Waals surface area (Å²) in [5.41, 5.74) is 0.604. The lowest BCUT2D eigenvalue weighted by molar-refractivity contribution is 0.505. The predicted octanol–water partition coefficient (Wildman–Crippen LogP) is 4.07. The molecule has 1 N–H and O–H groups in total. The summed E-state index contributed by atoms with van der Waals surface area (Å²) < 4.78 is 15.3. The van der Waals surface area contributed by atoms with Gasteiger partial charge in [0.1, 0.15) is 5.82 Å². The largest absolute Gasteiger partial charge is 0.310 e. The smallest absolute Gasteiger partial charge is 0.142 e. The molecule has 1 heterocycles. The van der Waals surface area contributed by atoms with Gasteiger partial charge in [-0.3, -0.25) is 4.68 Å². The van der Waals surface area contributed by atoms with E-state index < -0.39 is 5.82 Å². The minimum Gasteiger partial charge on any atom is -0.310 e. The van der Waals surface area contributed by atoms with Crippen LogP contribution in [0.25, 0.3) is 0 Å². The zero-order valence-corrected chi connectivity index (χ0v) is 12.6. The third kappa shape index (κ3) is 3.72. The average molecular weight is 316 g/mol. The van der Waals surface area contributed by atoms with Crippen LogP contribution in [0.1, 0.15) is 24.9 Å². The Kier molecular flexibility index (Phi) is 5.40. The summed E-state index contributed by atoms with van der Waals surface area (Å²) >= 11 is 12.1. The Morgan fingerprint density at radius 1 is 1.40 bits per heavy atom. The highest BCUT2D eigenvalue weighted by molar-refractivity contribution is 6.36. The van der Waals surface area contributed by atoms with Gasteiger partial charge in [-0.15, -0.1) is 0 Å². The summed E-state index contributed by atoms with van der Waals surface area (Å²) in [6.45, 7) is 3.52. The van der Waals surface area contributed by atoms with Gasteiger partial charge in [0.15, 0.2) is 0 Å². The minimum atomic E-state index is -0.448. The number of hydrogen-bond donors (Lipinski definition) is 1. The highest BCUT2D eigenvalue weighted by atomic mass is 35.5. The second-order valence-electron chi connectivity index (χ2n) is 4.56. The third-order valence-electron chi connectivity index (χ3n) is 3.09. The quantitative estimate of drug-likeness (QED) is 0.643. The van der Waals surface area contributed by atoms with Gasteiger partial charge in [0, 0.05) is 35.6 Å². The molecule has 0 saturated heterocycles. The van der Waals surface area contributed by atoms with Crippen LogP contribution >= 0.6 is 23.2 Å². The molecule has 0 radical (unpaired) electrons. The SMILES string of the molecule is CC(NCCCn1cccn1)c1c(Cl)ccc(F)c1Cl. The monoisotopic (exact) mass is 315 g/mol. The van der Waals surface area contributed by atoms with Gasteiger partial charge >= 0.3 is 0 Å². The van der Waals surface area contributed by atoms with Crippen molar-refractivity contribution < 1.29 is 4.39 Å². The maximum absolute atomic E-state index is 13.5. The van der Waals surface area contributed by atoms with E-state index in [2.05, 4.69) is 10.4 Å². The van der Waals surface area contributed by atoms with Crippen molar-refractivity contribution in [1.29, 1.82) is 0 Å². The predicted molar refractivity (Wildman–Crippen MR) is 79.7 cm³/mol. The Morgan fingerprint density at radius 3 is 2.90 bits per heavy atom. The molecule has 0 amide bonds. The number of nitrogens with zero attached hydrogens (tertiary/aromatic N) is 2. The zero-order valence-electron chi connectivity index (χ0n) is 11.1. The summed E-state index contributed by atoms with van der Waals surface area (Å²) in [4.78, 5) is 0. The van der Waals surface area contributed by atoms with Crippen LogP contribution in [0.4, 0.5) is 4.39 Å². The summed E-state index contributed by atoms with van der Waals surface area (Å²) in [6, 6.07) is 4.59. The van der Waals surface area contributed by atoms with Crippen LogP contribution in [0.15, 0.2) is 30.6 Å². The fraction of sp³-hybridized carbons (Fsp3) is 0.357. The van der Waals surface area contributed by atoms with Crippen molar-refractivity contribution in [2.45, 2.75) is 25.9 Å². The van der Waals surface area contributed by atoms with Crippen molar-refractivity contribution in [2.24, 2.45) is 0 Å². The number of aryl methyl sites for hydroxylation is 1. The zero-order chi connectivity index (χ0) is 14.5. The first kappa shape index (κ1) is 15.3. The first-order valence-corrected chi connectivity index (χ1v) is 7.19. The minimum absolute atomic E-state index is 0.0876. The standard InChI is InChI=1S/C14H16Cl2FN3/c1-10(13-11(15)4-5-12(17)14(13)16)18-6-2-8-20-9-3-7-19-20/h3-5,7,9-10,18H,2,6,8H2,1H3. The van der Waals surface area contributed by atoms with Gasteiger partial charge in [0.05, 0.1) is 5.02 Å². The Bertz CT molecular complexity index is 558. The Labute approximate surface area is 127 Å². The number of rotatable bonds is 6. The molecule has 108 valence electrons. The van der Waals surface area contributed by atoms with E-state index in [0.29, 0.717) is 10.6 Å². The molecule has 1 aromatic carbocycles. The highest BCUT2D eigenvalue weighted by Gasteiger charge is 2.16. The molecule has 6 heteroatoms. The molecule has 0 aliphatic carbocycles. The van der Waals surface area contributed by atoms with Gasteiger partial charge in [-0.05, 0) is 38.1 Å². The Balaban J connectivity index is 1.89. The van der Waals surface area contributed by atoms with E-state index in [-0.39, 0.29) is 11.1 Å². The van der Waals surface area contributed by atoms with E-state index >= 15 is 0 Å². The van der Waals surface area contributed by atoms with E-state index in [1.54, 1.807) is 6.20 Å². The molecule has 3 nitrogen and oxygen atoms in total. The lowest BCUT2D eigenvalue weighted by Crippen LogP contribution is -2.22. The molecule has 2 rings (SSSR count). The van der Waals surface area contributed by atoms with E-state index in [1.807, 2.05) is 23.9 Å². The van der Waals surface area contributed by atoms with Crippen molar-refractivity contribution in [2.75, 3.05) is 6.54 Å². The number of benzene rings is 1. The lowest BCUT2D eigenvalue weighted by Gasteiger charge is -2.17. The molecular weight excluding hydrogens is 300 g/mol. The topological polar surface area (TPSA) is 29.9 Å². The van der Waals surface area contributed by atoms with Crippen molar-refractivity contribution in [3.05, 3.63) is 52.0 Å². The van der Waals surface area contributed by atoms with Crippen molar-refractivity contribution in [1.82, 2.24) is 15.1 Å². The normalized spacial score (nSPS) is 12.6. The van der Waals surface area contributed by atoms with Crippen LogP contribution in [-0.2, 0) is 6.54 Å². The van der Waals surface area contributed by atoms with Gasteiger partial charge < -0.3 is 5.32 Å². The van der Waals surface area contributed by atoms with Crippen molar-refractivity contribution in [3.8, 4) is 0 Å². The van der Waals surface area contributed by atoms with Gasteiger partial charge in [-0.1, -0.05) is 23.2 Å². The molecule has 0 fully saturated rings. The van der Waals surface area contributed by atoms with Gasteiger partial charge in [0.2, 0.25) is 0 Å². The van der Waals surface area contributed by atoms with Crippen LogP contribution in [0.5, 0.6) is 0 Å². The first-order chi connectivity index (χ1) is 9.59. The molecule has 1 atom stereocenters. The Hall–Kier alpha value is -1.10. The van der Waals surface area contributed by atoms with Crippen LogP contribution in [0.2, 0.25) is 10.0 Å². The van der Waals surface area contributed by atoms with Crippen LogP contribution in [0, 0.1) is 5.82 Å². The molecule has 1 unspecified atom stereocenters. The molecule has 20 heavy (non-hydrogen) atoms. The molecule has 0 aliphatic rings. The van der Waals surface area contributed by atoms with Crippen molar-refractivity contribution >= 4 is 23.2 Å². The molecule has 0 saturated carbocycles. The van der Waals surface area contributed by atoms with Gasteiger partial charge in [-0.25, -0.2) is 4.39 Å². The number of nitrogens with one attached hydrogen (secondary N) is 1. The van der Waals surface area contributed by atoms with E-state index in [9.17, 15) is 4.39 Å². The highest BCUT2D eigenvalue weighted by Crippen LogP contribution is 2.32. The van der Waals surface area contributed by atoms with Crippen LogP contribution in [0.3, 0.4) is 0 Å². The number of hydrogen-bond acceptors (Lipinski definition) is 2. The molecule has 1 aromatic heterocycles. The number of halogens is 3. The average Bonchev–Trinajstić information content (AvgIpc) is 2.93. The maximum atomic E-state index is 13.5. The summed E-state index contributed by atoms with van der Waals surface area (Å²) in [5.74, 6) is -0.448. The van der Waals surface area contributed by atoms with Crippen molar-refractivity contribution in [3.63, 3.8) is 0 Å². The molecule has 0 bridgehead atoms. The summed E-state index contributed by atoms with van der Waals surface area (Å²) in [5, 5.41) is 7.98. The second kappa shape index (κ2) is 7.07. The summed E-state index contributed by atoms with van der Waals surface area (Å²) in [6.07, 6.45) is 4.59. The van der Waals surface area contributed by atoms with Crippen LogP contribution in [-0.4, -0.2) is 16.3 Å². The van der Waals surface area contributed by atoms with Gasteiger partial charge in [0.25, 0.3) is 0 Å². The fourth-order valence-electron chi connectivity index (χ4n) is 2.03. The fourth-order valence-corrected chi connectivity index (χ4v) is 2.73. The molecular formula is C14H16Cl2FN3. The molecule has 0 spiro atoms. The van der Waals surface area contributed by atoms with E-state index in [1.165, 1.54) is 12.1 Å². The maximum Gasteiger partial charge on any atom is 0.142 e. The summed E-state index contributed by atoms with van der Waals surface area (Å²) in [7, 11) is 0.